The quantitative estimate of drug-likeness (QED) is 0.424. The predicted molar refractivity (Wildman–Crippen MR) is 45.2 cm³/mol. The minimum Gasteiger partial charge on any atom is -0.465 e. The van der Waals surface area contributed by atoms with E-state index in [1.165, 1.54) is 17.6 Å². The molecule has 0 bridgehead atoms. The molecule has 1 rings (SSSR count). The van der Waals surface area contributed by atoms with Crippen LogP contribution in [0.25, 0.3) is 0 Å². The molecule has 6 nitrogen and oxygen atoms in total. The largest absolute Gasteiger partial charge is 0.465 e. The number of nitrogens with one attached hydrogen (secondary N) is 2. The van der Waals surface area contributed by atoms with Gasteiger partial charge < -0.3 is 5.11 Å². The van der Waals surface area contributed by atoms with Crippen LogP contribution in [-0.4, -0.2) is 22.3 Å². The van der Waals surface area contributed by atoms with Gasteiger partial charge in [0.15, 0.2) is 0 Å². The highest BCUT2D eigenvalue weighted by Crippen LogP contribution is 2.21. The lowest BCUT2D eigenvalue weighted by Gasteiger charge is -1.93. The molecular weight excluding hydrogens is 196 g/mol. The molecule has 1 heterocycles. The van der Waals surface area contributed by atoms with Crippen LogP contribution in [-0.2, 0) is 0 Å². The van der Waals surface area contributed by atoms with E-state index in [1.54, 1.807) is 0 Å². The SMILES string of the molecule is O=C(O)Nc1ccc(C(=O)NO)s1. The molecule has 1 aromatic heterocycles. The van der Waals surface area contributed by atoms with Crippen molar-refractivity contribution in [1.29, 1.82) is 0 Å². The van der Waals surface area contributed by atoms with Crippen molar-refractivity contribution in [1.82, 2.24) is 5.48 Å². The summed E-state index contributed by atoms with van der Waals surface area (Å²) in [5.41, 5.74) is 1.44. The van der Waals surface area contributed by atoms with E-state index < -0.39 is 12.0 Å². The molecule has 0 aliphatic heterocycles. The zero-order valence-corrected chi connectivity index (χ0v) is 7.09. The van der Waals surface area contributed by atoms with Gasteiger partial charge in [0.1, 0.15) is 0 Å². The van der Waals surface area contributed by atoms with Crippen LogP contribution >= 0.6 is 11.3 Å². The van der Waals surface area contributed by atoms with Gasteiger partial charge in [-0.05, 0) is 12.1 Å². The van der Waals surface area contributed by atoms with Gasteiger partial charge >= 0.3 is 6.09 Å². The first-order valence-corrected chi connectivity index (χ1v) is 3.99. The van der Waals surface area contributed by atoms with E-state index in [9.17, 15) is 9.59 Å². The van der Waals surface area contributed by atoms with Crippen molar-refractivity contribution >= 4 is 28.3 Å². The normalized spacial score (nSPS) is 9.31. The maximum Gasteiger partial charge on any atom is 0.409 e. The Morgan fingerprint density at radius 2 is 2.08 bits per heavy atom. The van der Waals surface area contributed by atoms with Crippen LogP contribution in [0.2, 0.25) is 0 Å². The van der Waals surface area contributed by atoms with E-state index in [4.69, 9.17) is 10.3 Å². The number of hydrogen-bond acceptors (Lipinski definition) is 4. The average Bonchev–Trinajstić information content (AvgIpc) is 2.50. The van der Waals surface area contributed by atoms with Crippen molar-refractivity contribution in [3.63, 3.8) is 0 Å². The van der Waals surface area contributed by atoms with Gasteiger partial charge in [0.05, 0.1) is 9.88 Å². The van der Waals surface area contributed by atoms with E-state index in [2.05, 4.69) is 5.32 Å². The first-order valence-electron chi connectivity index (χ1n) is 3.17. The van der Waals surface area contributed by atoms with Crippen LogP contribution < -0.4 is 10.8 Å². The van der Waals surface area contributed by atoms with E-state index in [0.29, 0.717) is 5.00 Å². The molecule has 0 fully saturated rings. The van der Waals surface area contributed by atoms with Crippen molar-refractivity contribution in [3.05, 3.63) is 17.0 Å². The van der Waals surface area contributed by atoms with E-state index in [1.807, 2.05) is 0 Å². The fourth-order valence-electron chi connectivity index (χ4n) is 0.688. The zero-order valence-electron chi connectivity index (χ0n) is 6.27. The number of hydrogen-bond donors (Lipinski definition) is 4. The number of hydroxylamine groups is 1. The number of carbonyl (C=O) groups excluding carboxylic acids is 1. The molecule has 1 aromatic rings. The molecular formula is C6H6N2O4S. The average molecular weight is 202 g/mol. The minimum atomic E-state index is -1.20. The summed E-state index contributed by atoms with van der Waals surface area (Å²) in [4.78, 5) is 21.2. The molecule has 2 amide bonds. The third-order valence-electron chi connectivity index (χ3n) is 1.16. The lowest BCUT2D eigenvalue weighted by molar-refractivity contribution is 0.0711. The Bertz CT molecular complexity index is 335. The molecule has 0 unspecified atom stereocenters. The number of amides is 2. The second-order valence-corrected chi connectivity index (χ2v) is 3.12. The summed E-state index contributed by atoms with van der Waals surface area (Å²) >= 11 is 0.930. The Morgan fingerprint density at radius 3 is 2.62 bits per heavy atom. The summed E-state index contributed by atoms with van der Waals surface area (Å²) in [6.45, 7) is 0. The van der Waals surface area contributed by atoms with Gasteiger partial charge in [-0.2, -0.15) is 0 Å². The van der Waals surface area contributed by atoms with Gasteiger partial charge in [0, 0.05) is 0 Å². The van der Waals surface area contributed by atoms with Crippen molar-refractivity contribution in [3.8, 4) is 0 Å². The Kier molecular flexibility index (Phi) is 2.83. The zero-order chi connectivity index (χ0) is 9.84. The second kappa shape index (κ2) is 3.87. The third-order valence-corrected chi connectivity index (χ3v) is 2.16. The van der Waals surface area contributed by atoms with Crippen LogP contribution in [0.3, 0.4) is 0 Å². The lowest BCUT2D eigenvalue weighted by Crippen LogP contribution is -2.16. The number of carboxylic acid groups (broad SMARTS) is 1. The highest BCUT2D eigenvalue weighted by atomic mass is 32.1. The summed E-state index contributed by atoms with van der Waals surface area (Å²) in [6, 6.07) is 2.84. The number of carbonyl (C=O) groups is 2. The molecule has 0 aliphatic rings. The Morgan fingerprint density at radius 1 is 1.38 bits per heavy atom. The predicted octanol–water partition coefficient (Wildman–Crippen LogP) is 0.957. The number of thiophene rings is 1. The summed E-state index contributed by atoms with van der Waals surface area (Å²) in [5, 5.41) is 19.0. The van der Waals surface area contributed by atoms with Crippen molar-refractivity contribution in [2.75, 3.05) is 5.32 Å². The van der Waals surface area contributed by atoms with Gasteiger partial charge in [0.25, 0.3) is 5.91 Å². The van der Waals surface area contributed by atoms with Crippen LogP contribution in [0.15, 0.2) is 12.1 Å². The molecule has 13 heavy (non-hydrogen) atoms. The Balaban J connectivity index is 2.74. The molecule has 0 atom stereocenters. The smallest absolute Gasteiger partial charge is 0.409 e. The fourth-order valence-corrected chi connectivity index (χ4v) is 1.47. The highest BCUT2D eigenvalue weighted by molar-refractivity contribution is 7.18. The molecule has 0 spiro atoms. The Hall–Kier alpha value is -1.60. The number of rotatable bonds is 2. The van der Waals surface area contributed by atoms with Gasteiger partial charge in [0.2, 0.25) is 0 Å². The summed E-state index contributed by atoms with van der Waals surface area (Å²) < 4.78 is 0. The maximum atomic E-state index is 10.8. The molecule has 4 N–H and O–H groups in total. The molecule has 0 radical (unpaired) electrons. The van der Waals surface area contributed by atoms with Gasteiger partial charge in [-0.1, -0.05) is 0 Å². The van der Waals surface area contributed by atoms with E-state index in [0.717, 1.165) is 11.3 Å². The van der Waals surface area contributed by atoms with Crippen molar-refractivity contribution < 1.29 is 19.9 Å². The first kappa shape index (κ1) is 9.49. The standard InChI is InChI=1S/C6H6N2O4S/c9-5(8-12)3-1-2-4(13-3)7-6(10)11/h1-2,7,12H,(H,8,9)(H,10,11). The molecule has 0 saturated heterocycles. The van der Waals surface area contributed by atoms with Gasteiger partial charge in [-0.15, -0.1) is 11.3 Å². The Labute approximate surface area is 76.8 Å². The van der Waals surface area contributed by atoms with E-state index >= 15 is 0 Å². The van der Waals surface area contributed by atoms with Gasteiger partial charge in [-0.3, -0.25) is 15.3 Å². The fraction of sp³-hybridized carbons (Fsp3) is 0. The topological polar surface area (TPSA) is 98.7 Å². The van der Waals surface area contributed by atoms with Crippen molar-refractivity contribution in [2.24, 2.45) is 0 Å². The minimum absolute atomic E-state index is 0.228. The lowest BCUT2D eigenvalue weighted by atomic mass is 10.4. The maximum absolute atomic E-state index is 10.8. The molecule has 0 saturated carbocycles. The monoisotopic (exact) mass is 202 g/mol. The second-order valence-electron chi connectivity index (χ2n) is 2.03. The number of anilines is 1. The third kappa shape index (κ3) is 2.42. The molecule has 7 heteroatoms. The summed E-state index contributed by atoms with van der Waals surface area (Å²) in [7, 11) is 0. The summed E-state index contributed by atoms with van der Waals surface area (Å²) in [6.07, 6.45) is -1.20. The van der Waals surface area contributed by atoms with E-state index in [-0.39, 0.29) is 4.88 Å². The molecule has 0 aromatic carbocycles. The highest BCUT2D eigenvalue weighted by Gasteiger charge is 2.08. The van der Waals surface area contributed by atoms with Crippen LogP contribution in [0.5, 0.6) is 0 Å². The first-order chi connectivity index (χ1) is 6.13. The molecule has 70 valence electrons. The van der Waals surface area contributed by atoms with Crippen LogP contribution in [0, 0.1) is 0 Å². The van der Waals surface area contributed by atoms with Gasteiger partial charge in [-0.25, -0.2) is 10.3 Å². The van der Waals surface area contributed by atoms with Crippen LogP contribution in [0.1, 0.15) is 9.67 Å². The summed E-state index contributed by atoms with van der Waals surface area (Å²) in [5.74, 6) is -0.663. The van der Waals surface area contributed by atoms with Crippen molar-refractivity contribution in [2.45, 2.75) is 0 Å². The van der Waals surface area contributed by atoms with Crippen LogP contribution in [0.4, 0.5) is 9.80 Å². The molecule has 0 aliphatic carbocycles.